The third kappa shape index (κ3) is 1.80. The molecule has 0 bridgehead atoms. The number of thiophene rings is 1. The number of benzene rings is 2. The molecule has 3 aromatic rings. The maximum absolute atomic E-state index is 11.1. The lowest BCUT2D eigenvalue weighted by Crippen LogP contribution is -1.84. The van der Waals surface area contributed by atoms with E-state index in [9.17, 15) is 4.79 Å². The predicted octanol–water partition coefficient (Wildman–Crippen LogP) is 5.14. The standard InChI is InChI=1S/C15H9BrOS/c16-14-12-7-3-4-8-13(12)18-15(14)11-6-2-1-5-10(11)9-17/h1-9H. The first-order valence-corrected chi connectivity index (χ1v) is 7.14. The summed E-state index contributed by atoms with van der Waals surface area (Å²) in [5.41, 5.74) is 1.71. The average molecular weight is 317 g/mol. The van der Waals surface area contributed by atoms with E-state index < -0.39 is 0 Å². The Kier molecular flexibility index (Phi) is 3.02. The Hall–Kier alpha value is -1.45. The minimum atomic E-state index is 0.727. The van der Waals surface area contributed by atoms with Crippen LogP contribution < -0.4 is 0 Å². The van der Waals surface area contributed by atoms with Gasteiger partial charge in [0, 0.05) is 25.7 Å². The van der Waals surface area contributed by atoms with Crippen molar-refractivity contribution in [2.75, 3.05) is 0 Å². The van der Waals surface area contributed by atoms with Crippen LogP contribution in [0.5, 0.6) is 0 Å². The summed E-state index contributed by atoms with van der Waals surface area (Å²) in [4.78, 5) is 12.2. The quantitative estimate of drug-likeness (QED) is 0.598. The van der Waals surface area contributed by atoms with Crippen molar-refractivity contribution in [2.24, 2.45) is 0 Å². The molecule has 0 fully saturated rings. The van der Waals surface area contributed by atoms with Crippen LogP contribution in [0.3, 0.4) is 0 Å². The normalized spacial score (nSPS) is 10.7. The third-order valence-corrected chi connectivity index (χ3v) is 5.16. The molecule has 0 aliphatic carbocycles. The first-order valence-electron chi connectivity index (χ1n) is 5.53. The van der Waals surface area contributed by atoms with Crippen LogP contribution in [0.2, 0.25) is 0 Å². The molecule has 88 valence electrons. The van der Waals surface area contributed by atoms with Crippen LogP contribution in [0.25, 0.3) is 20.5 Å². The first-order chi connectivity index (χ1) is 8.81. The first kappa shape index (κ1) is 11.6. The SMILES string of the molecule is O=Cc1ccccc1-c1sc2ccccc2c1Br. The molecule has 1 nitrogen and oxygen atoms in total. The van der Waals surface area contributed by atoms with E-state index >= 15 is 0 Å². The van der Waals surface area contributed by atoms with E-state index in [0.717, 1.165) is 26.8 Å². The summed E-state index contributed by atoms with van der Waals surface area (Å²) in [5.74, 6) is 0. The summed E-state index contributed by atoms with van der Waals surface area (Å²) in [5, 5.41) is 1.19. The van der Waals surface area contributed by atoms with Gasteiger partial charge in [-0.2, -0.15) is 0 Å². The number of carbonyl (C=O) groups is 1. The molecule has 0 atom stereocenters. The topological polar surface area (TPSA) is 17.1 Å². The molecule has 3 rings (SSSR count). The molecule has 0 unspecified atom stereocenters. The van der Waals surface area contributed by atoms with Crippen molar-refractivity contribution >= 4 is 43.6 Å². The van der Waals surface area contributed by atoms with E-state index in [1.54, 1.807) is 11.3 Å². The van der Waals surface area contributed by atoms with E-state index in [0.29, 0.717) is 0 Å². The fourth-order valence-electron chi connectivity index (χ4n) is 1.99. The number of fused-ring (bicyclic) bond motifs is 1. The van der Waals surface area contributed by atoms with E-state index in [1.807, 2.05) is 36.4 Å². The average Bonchev–Trinajstić information content (AvgIpc) is 2.76. The van der Waals surface area contributed by atoms with Gasteiger partial charge in [0.1, 0.15) is 0 Å². The van der Waals surface area contributed by atoms with E-state index in [-0.39, 0.29) is 0 Å². The summed E-state index contributed by atoms with van der Waals surface area (Å²) in [7, 11) is 0. The molecule has 0 aliphatic rings. The Balaban J connectivity index is 2.32. The van der Waals surface area contributed by atoms with Crippen molar-refractivity contribution in [3.63, 3.8) is 0 Å². The highest BCUT2D eigenvalue weighted by Gasteiger charge is 2.13. The van der Waals surface area contributed by atoms with Crippen molar-refractivity contribution in [1.82, 2.24) is 0 Å². The van der Waals surface area contributed by atoms with Gasteiger partial charge in [-0.3, -0.25) is 4.79 Å². The molecule has 0 saturated heterocycles. The van der Waals surface area contributed by atoms with Crippen molar-refractivity contribution in [2.45, 2.75) is 0 Å². The van der Waals surface area contributed by atoms with Crippen LogP contribution in [-0.4, -0.2) is 6.29 Å². The van der Waals surface area contributed by atoms with Gasteiger partial charge in [-0.05, 0) is 22.0 Å². The second kappa shape index (κ2) is 4.67. The van der Waals surface area contributed by atoms with Crippen LogP contribution in [0, 0.1) is 0 Å². The molecule has 0 amide bonds. The van der Waals surface area contributed by atoms with Gasteiger partial charge in [-0.1, -0.05) is 42.5 Å². The molecule has 3 heteroatoms. The molecule has 0 radical (unpaired) electrons. The fraction of sp³-hybridized carbons (Fsp3) is 0. The van der Waals surface area contributed by atoms with Crippen LogP contribution >= 0.6 is 27.3 Å². The lowest BCUT2D eigenvalue weighted by molar-refractivity contribution is 0.112. The summed E-state index contributed by atoms with van der Waals surface area (Å²) in [6.07, 6.45) is 0.909. The highest BCUT2D eigenvalue weighted by atomic mass is 79.9. The summed E-state index contributed by atoms with van der Waals surface area (Å²) in [6.45, 7) is 0. The monoisotopic (exact) mass is 316 g/mol. The van der Waals surface area contributed by atoms with Gasteiger partial charge in [0.15, 0.2) is 6.29 Å². The molecule has 0 saturated carbocycles. The second-order valence-electron chi connectivity index (χ2n) is 3.95. The molecule has 2 aromatic carbocycles. The van der Waals surface area contributed by atoms with Gasteiger partial charge >= 0.3 is 0 Å². The van der Waals surface area contributed by atoms with Gasteiger partial charge in [-0.25, -0.2) is 0 Å². The Morgan fingerprint density at radius 3 is 2.50 bits per heavy atom. The smallest absolute Gasteiger partial charge is 0.150 e. The molecular formula is C15H9BrOS. The molecule has 0 N–H and O–H groups in total. The van der Waals surface area contributed by atoms with Gasteiger partial charge in [0.05, 0.1) is 4.88 Å². The molecular weight excluding hydrogens is 308 g/mol. The van der Waals surface area contributed by atoms with Crippen molar-refractivity contribution < 1.29 is 4.79 Å². The van der Waals surface area contributed by atoms with E-state index in [2.05, 4.69) is 28.1 Å². The van der Waals surface area contributed by atoms with Gasteiger partial charge in [0.2, 0.25) is 0 Å². The Morgan fingerprint density at radius 2 is 1.72 bits per heavy atom. The van der Waals surface area contributed by atoms with Gasteiger partial charge in [-0.15, -0.1) is 11.3 Å². The molecule has 0 spiro atoms. The summed E-state index contributed by atoms with van der Waals surface area (Å²) in [6, 6.07) is 15.9. The van der Waals surface area contributed by atoms with Gasteiger partial charge in [0.25, 0.3) is 0 Å². The van der Waals surface area contributed by atoms with Crippen LogP contribution in [0.1, 0.15) is 10.4 Å². The maximum Gasteiger partial charge on any atom is 0.150 e. The number of carbonyl (C=O) groups excluding carboxylic acids is 1. The van der Waals surface area contributed by atoms with Crippen molar-refractivity contribution in [3.05, 3.63) is 58.6 Å². The molecule has 1 aromatic heterocycles. The fourth-order valence-corrected chi connectivity index (χ4v) is 4.07. The summed E-state index contributed by atoms with van der Waals surface area (Å²) >= 11 is 5.35. The zero-order valence-corrected chi connectivity index (χ0v) is 11.8. The molecule has 1 heterocycles. The van der Waals surface area contributed by atoms with Crippen LogP contribution in [-0.2, 0) is 0 Å². The minimum absolute atomic E-state index is 0.727. The lowest BCUT2D eigenvalue weighted by atomic mass is 10.1. The zero-order chi connectivity index (χ0) is 12.5. The Morgan fingerprint density at radius 1 is 1.00 bits per heavy atom. The largest absolute Gasteiger partial charge is 0.298 e. The number of aldehydes is 1. The van der Waals surface area contributed by atoms with Crippen LogP contribution in [0.15, 0.2) is 53.0 Å². The number of halogens is 1. The highest BCUT2D eigenvalue weighted by molar-refractivity contribution is 9.10. The Labute approximate surface area is 117 Å². The molecule has 18 heavy (non-hydrogen) atoms. The van der Waals surface area contributed by atoms with E-state index in [1.165, 1.54) is 10.1 Å². The van der Waals surface area contributed by atoms with Gasteiger partial charge < -0.3 is 0 Å². The highest BCUT2D eigenvalue weighted by Crippen LogP contribution is 2.42. The maximum atomic E-state index is 11.1. The van der Waals surface area contributed by atoms with Crippen molar-refractivity contribution in [3.8, 4) is 10.4 Å². The number of hydrogen-bond acceptors (Lipinski definition) is 2. The minimum Gasteiger partial charge on any atom is -0.298 e. The second-order valence-corrected chi connectivity index (χ2v) is 5.79. The van der Waals surface area contributed by atoms with Crippen molar-refractivity contribution in [1.29, 1.82) is 0 Å². The van der Waals surface area contributed by atoms with Crippen LogP contribution in [0.4, 0.5) is 0 Å². The lowest BCUT2D eigenvalue weighted by Gasteiger charge is -2.02. The molecule has 0 aliphatic heterocycles. The predicted molar refractivity (Wildman–Crippen MR) is 80.3 cm³/mol. The number of hydrogen-bond donors (Lipinski definition) is 0. The zero-order valence-electron chi connectivity index (χ0n) is 9.39. The van der Waals surface area contributed by atoms with E-state index in [4.69, 9.17) is 0 Å². The summed E-state index contributed by atoms with van der Waals surface area (Å²) < 4.78 is 2.29. The third-order valence-electron chi connectivity index (χ3n) is 2.87. The Bertz CT molecular complexity index is 730. The number of rotatable bonds is 2.